The molecule has 0 saturated heterocycles. The van der Waals surface area contributed by atoms with Gasteiger partial charge in [0.2, 0.25) is 5.91 Å². The Labute approximate surface area is 96.4 Å². The van der Waals surface area contributed by atoms with Gasteiger partial charge in [0.25, 0.3) is 0 Å². The van der Waals surface area contributed by atoms with Crippen LogP contribution in [0, 0.1) is 5.41 Å². The van der Waals surface area contributed by atoms with Gasteiger partial charge >= 0.3 is 0 Å². The van der Waals surface area contributed by atoms with E-state index < -0.39 is 0 Å². The third-order valence-electron chi connectivity index (χ3n) is 1.98. The lowest BCUT2D eigenvalue weighted by molar-refractivity contribution is -0.120. The molecule has 0 bridgehead atoms. The predicted molar refractivity (Wildman–Crippen MR) is 62.9 cm³/mol. The Morgan fingerprint density at radius 1 is 1.44 bits per heavy atom. The minimum Gasteiger partial charge on any atom is -0.467 e. The van der Waals surface area contributed by atoms with E-state index in [2.05, 4.69) is 31.4 Å². The molecule has 0 atom stereocenters. The summed E-state index contributed by atoms with van der Waals surface area (Å²) >= 11 is 0. The largest absolute Gasteiger partial charge is 0.467 e. The minimum atomic E-state index is -0.0133. The Balaban J connectivity index is 2.12. The zero-order valence-electron chi connectivity index (χ0n) is 10.2. The van der Waals surface area contributed by atoms with E-state index in [9.17, 15) is 4.79 Å². The predicted octanol–water partition coefficient (Wildman–Crippen LogP) is 1.53. The summed E-state index contributed by atoms with van der Waals surface area (Å²) < 4.78 is 5.11. The maximum Gasteiger partial charge on any atom is 0.234 e. The molecular weight excluding hydrogens is 204 g/mol. The van der Waals surface area contributed by atoms with Crippen molar-refractivity contribution in [3.8, 4) is 0 Å². The molecule has 0 saturated carbocycles. The molecule has 4 nitrogen and oxygen atoms in total. The highest BCUT2D eigenvalue weighted by atomic mass is 16.3. The number of hydrogen-bond acceptors (Lipinski definition) is 3. The van der Waals surface area contributed by atoms with Crippen molar-refractivity contribution in [3.05, 3.63) is 24.2 Å². The average Bonchev–Trinajstić information content (AvgIpc) is 2.65. The molecule has 0 aromatic carbocycles. The van der Waals surface area contributed by atoms with Crippen LogP contribution in [0.4, 0.5) is 0 Å². The second-order valence-electron chi connectivity index (χ2n) is 5.02. The molecule has 0 aliphatic rings. The molecule has 2 N–H and O–H groups in total. The van der Waals surface area contributed by atoms with Crippen molar-refractivity contribution >= 4 is 5.91 Å². The molecule has 1 heterocycles. The summed E-state index contributed by atoms with van der Waals surface area (Å²) in [6, 6.07) is 3.64. The smallest absolute Gasteiger partial charge is 0.234 e. The first-order chi connectivity index (χ1) is 7.47. The van der Waals surface area contributed by atoms with Crippen molar-refractivity contribution in [1.29, 1.82) is 0 Å². The highest BCUT2D eigenvalue weighted by Gasteiger charge is 2.10. The van der Waals surface area contributed by atoms with Crippen LogP contribution in [0.1, 0.15) is 26.5 Å². The van der Waals surface area contributed by atoms with Crippen molar-refractivity contribution in [1.82, 2.24) is 10.6 Å². The quantitative estimate of drug-likeness (QED) is 0.797. The Morgan fingerprint density at radius 3 is 2.75 bits per heavy atom. The fraction of sp³-hybridized carbons (Fsp3) is 0.583. The molecule has 4 heteroatoms. The molecule has 1 aromatic rings. The normalized spacial score (nSPS) is 11.4. The van der Waals surface area contributed by atoms with Crippen molar-refractivity contribution in [3.63, 3.8) is 0 Å². The first-order valence-corrected chi connectivity index (χ1v) is 5.47. The van der Waals surface area contributed by atoms with Crippen molar-refractivity contribution < 1.29 is 9.21 Å². The van der Waals surface area contributed by atoms with Crippen LogP contribution in [0.2, 0.25) is 0 Å². The molecule has 0 aliphatic heterocycles. The van der Waals surface area contributed by atoms with Gasteiger partial charge < -0.3 is 15.1 Å². The summed E-state index contributed by atoms with van der Waals surface area (Å²) in [6.07, 6.45) is 1.60. The topological polar surface area (TPSA) is 54.3 Å². The summed E-state index contributed by atoms with van der Waals surface area (Å²) in [7, 11) is 0. The molecule has 1 amide bonds. The molecule has 16 heavy (non-hydrogen) atoms. The Morgan fingerprint density at radius 2 is 2.19 bits per heavy atom. The molecule has 0 aliphatic carbocycles. The molecule has 0 radical (unpaired) electrons. The zero-order valence-corrected chi connectivity index (χ0v) is 10.2. The number of nitrogens with one attached hydrogen (secondary N) is 2. The lowest BCUT2D eigenvalue weighted by atomic mass is 9.97. The Bertz CT molecular complexity index is 312. The van der Waals surface area contributed by atoms with Crippen LogP contribution in [0.5, 0.6) is 0 Å². The van der Waals surface area contributed by atoms with E-state index in [0.717, 1.165) is 12.3 Å². The second-order valence-corrected chi connectivity index (χ2v) is 5.02. The number of furan rings is 1. The molecular formula is C12H20N2O2. The van der Waals surface area contributed by atoms with Crippen molar-refractivity contribution in [2.45, 2.75) is 27.3 Å². The lowest BCUT2D eigenvalue weighted by Gasteiger charge is -2.18. The van der Waals surface area contributed by atoms with Gasteiger partial charge in [-0.05, 0) is 17.5 Å². The standard InChI is InChI=1S/C12H20N2O2/c1-12(2,3)9-13-8-11(15)14-7-10-5-4-6-16-10/h4-6,13H,7-9H2,1-3H3,(H,14,15). The lowest BCUT2D eigenvalue weighted by Crippen LogP contribution is -2.37. The Kier molecular flexibility index (Phi) is 4.55. The second kappa shape index (κ2) is 5.70. The molecule has 0 spiro atoms. The van der Waals surface area contributed by atoms with Crippen LogP contribution in [-0.4, -0.2) is 19.0 Å². The third-order valence-corrected chi connectivity index (χ3v) is 1.98. The maximum atomic E-state index is 11.4. The van der Waals surface area contributed by atoms with Gasteiger partial charge in [-0.2, -0.15) is 0 Å². The molecule has 0 fully saturated rings. The van der Waals surface area contributed by atoms with Gasteiger partial charge in [-0.25, -0.2) is 0 Å². The number of carbonyl (C=O) groups excluding carboxylic acids is 1. The van der Waals surface area contributed by atoms with Gasteiger partial charge in [-0.3, -0.25) is 4.79 Å². The summed E-state index contributed by atoms with van der Waals surface area (Å²) in [4.78, 5) is 11.4. The molecule has 90 valence electrons. The van der Waals surface area contributed by atoms with Crippen LogP contribution in [0.25, 0.3) is 0 Å². The number of hydrogen-bond donors (Lipinski definition) is 2. The van der Waals surface area contributed by atoms with E-state index in [1.54, 1.807) is 12.3 Å². The molecule has 0 unspecified atom stereocenters. The van der Waals surface area contributed by atoms with Crippen LogP contribution >= 0.6 is 0 Å². The monoisotopic (exact) mass is 224 g/mol. The van der Waals surface area contributed by atoms with Crippen LogP contribution < -0.4 is 10.6 Å². The van der Waals surface area contributed by atoms with Crippen LogP contribution in [0.15, 0.2) is 22.8 Å². The van der Waals surface area contributed by atoms with E-state index >= 15 is 0 Å². The summed E-state index contributed by atoms with van der Waals surface area (Å²) in [6.45, 7) is 7.99. The summed E-state index contributed by atoms with van der Waals surface area (Å²) in [5.41, 5.74) is 0.196. The zero-order chi connectivity index (χ0) is 12.0. The van der Waals surface area contributed by atoms with Gasteiger partial charge in [0.05, 0.1) is 19.4 Å². The summed E-state index contributed by atoms with van der Waals surface area (Å²) in [5.74, 6) is 0.754. The highest BCUT2D eigenvalue weighted by molar-refractivity contribution is 5.77. The Hall–Kier alpha value is -1.29. The average molecular weight is 224 g/mol. The van der Waals surface area contributed by atoms with Crippen molar-refractivity contribution in [2.75, 3.05) is 13.1 Å². The molecule has 1 rings (SSSR count). The van der Waals surface area contributed by atoms with E-state index in [-0.39, 0.29) is 11.3 Å². The minimum absolute atomic E-state index is 0.0133. The van der Waals surface area contributed by atoms with E-state index in [1.807, 2.05) is 6.07 Å². The van der Waals surface area contributed by atoms with E-state index in [4.69, 9.17) is 4.42 Å². The van der Waals surface area contributed by atoms with Crippen molar-refractivity contribution in [2.24, 2.45) is 5.41 Å². The maximum absolute atomic E-state index is 11.4. The SMILES string of the molecule is CC(C)(C)CNCC(=O)NCc1ccco1. The van der Waals surface area contributed by atoms with Gasteiger partial charge in [-0.1, -0.05) is 20.8 Å². The summed E-state index contributed by atoms with van der Waals surface area (Å²) in [5, 5.41) is 5.89. The number of carbonyl (C=O) groups is 1. The van der Waals surface area contributed by atoms with Gasteiger partial charge in [-0.15, -0.1) is 0 Å². The number of rotatable bonds is 5. The van der Waals surface area contributed by atoms with Crippen LogP contribution in [0.3, 0.4) is 0 Å². The van der Waals surface area contributed by atoms with E-state index in [1.165, 1.54) is 0 Å². The van der Waals surface area contributed by atoms with Gasteiger partial charge in [0.1, 0.15) is 5.76 Å². The third kappa shape index (κ3) is 5.56. The van der Waals surface area contributed by atoms with Gasteiger partial charge in [0.15, 0.2) is 0 Å². The highest BCUT2D eigenvalue weighted by Crippen LogP contribution is 2.09. The van der Waals surface area contributed by atoms with E-state index in [0.29, 0.717) is 13.1 Å². The van der Waals surface area contributed by atoms with Gasteiger partial charge in [0, 0.05) is 6.54 Å². The fourth-order valence-electron chi connectivity index (χ4n) is 1.21. The molecule has 1 aromatic heterocycles. The number of amides is 1. The fourth-order valence-corrected chi connectivity index (χ4v) is 1.21. The first kappa shape index (κ1) is 12.8. The first-order valence-electron chi connectivity index (χ1n) is 5.47. The van der Waals surface area contributed by atoms with Crippen LogP contribution in [-0.2, 0) is 11.3 Å².